The van der Waals surface area contributed by atoms with Crippen molar-refractivity contribution in [2.45, 2.75) is 6.42 Å². The molecule has 0 aliphatic heterocycles. The molecule has 0 aliphatic carbocycles. The van der Waals surface area contributed by atoms with Crippen LogP contribution in [0.5, 0.6) is 0 Å². The number of hydrogen-bond acceptors (Lipinski definition) is 0. The maximum absolute atomic E-state index is 3.93. The van der Waals surface area contributed by atoms with Crippen LogP contribution < -0.4 is 0 Å². The zero-order chi connectivity index (χ0) is 12.1. The lowest BCUT2D eigenvalue weighted by Crippen LogP contribution is -1.90. The number of rotatable bonds is 4. The first-order valence-corrected chi connectivity index (χ1v) is 5.77. The van der Waals surface area contributed by atoms with Gasteiger partial charge in [-0.1, -0.05) is 67.3 Å². The molecule has 0 unspecified atom stereocenters. The third kappa shape index (κ3) is 2.36. The van der Waals surface area contributed by atoms with Crippen LogP contribution in [0.25, 0.3) is 17.2 Å². The summed E-state index contributed by atoms with van der Waals surface area (Å²) in [4.78, 5) is 0. The van der Waals surface area contributed by atoms with Gasteiger partial charge in [0, 0.05) is 0 Å². The maximum atomic E-state index is 3.93. The van der Waals surface area contributed by atoms with Crippen molar-refractivity contribution in [2.24, 2.45) is 0 Å². The highest BCUT2D eigenvalue weighted by Gasteiger charge is 2.05. The summed E-state index contributed by atoms with van der Waals surface area (Å²) in [6.07, 6.45) is 4.74. The molecule has 0 bridgehead atoms. The summed E-state index contributed by atoms with van der Waals surface area (Å²) in [5, 5.41) is 0. The van der Waals surface area contributed by atoms with Crippen LogP contribution in [-0.4, -0.2) is 0 Å². The van der Waals surface area contributed by atoms with Crippen molar-refractivity contribution in [1.82, 2.24) is 0 Å². The third-order valence-electron chi connectivity index (χ3n) is 2.85. The Labute approximate surface area is 103 Å². The molecule has 0 aromatic heterocycles. The second-order valence-electron chi connectivity index (χ2n) is 3.94. The molecule has 0 fully saturated rings. The van der Waals surface area contributed by atoms with E-state index in [4.69, 9.17) is 0 Å². The molecule has 0 N–H and O–H groups in total. The summed E-state index contributed by atoms with van der Waals surface area (Å²) in [5.74, 6) is 0. The van der Waals surface area contributed by atoms with Crippen LogP contribution >= 0.6 is 0 Å². The lowest BCUT2D eigenvalue weighted by atomic mass is 9.94. The third-order valence-corrected chi connectivity index (χ3v) is 2.85. The Kier molecular flexibility index (Phi) is 3.56. The van der Waals surface area contributed by atoms with Gasteiger partial charge in [0.05, 0.1) is 0 Å². The Bertz CT molecular complexity index is 521. The van der Waals surface area contributed by atoms with E-state index in [-0.39, 0.29) is 0 Å². The highest BCUT2D eigenvalue weighted by atomic mass is 14.1. The zero-order valence-electron chi connectivity index (χ0n) is 9.89. The molecule has 0 spiro atoms. The van der Waals surface area contributed by atoms with Crippen LogP contribution in [0.4, 0.5) is 0 Å². The number of allylic oxidation sites excluding steroid dienone is 1. The summed E-state index contributed by atoms with van der Waals surface area (Å²) in [6, 6.07) is 16.8. The highest BCUT2D eigenvalue weighted by Crippen LogP contribution is 2.27. The number of hydrogen-bond donors (Lipinski definition) is 0. The van der Waals surface area contributed by atoms with E-state index in [9.17, 15) is 0 Å². The van der Waals surface area contributed by atoms with E-state index in [2.05, 4.69) is 55.6 Å². The van der Waals surface area contributed by atoms with Crippen molar-refractivity contribution in [3.8, 4) is 11.1 Å². The lowest BCUT2D eigenvalue weighted by Gasteiger charge is -2.10. The molecule has 0 radical (unpaired) electrons. The van der Waals surface area contributed by atoms with E-state index in [0.29, 0.717) is 0 Å². The minimum atomic E-state index is 0.877. The molecule has 17 heavy (non-hydrogen) atoms. The van der Waals surface area contributed by atoms with E-state index >= 15 is 0 Å². The van der Waals surface area contributed by atoms with E-state index in [1.807, 2.05) is 18.2 Å². The van der Waals surface area contributed by atoms with Crippen LogP contribution in [0.15, 0.2) is 67.8 Å². The van der Waals surface area contributed by atoms with Crippen LogP contribution in [0.3, 0.4) is 0 Å². The molecular weight excluding hydrogens is 204 g/mol. The van der Waals surface area contributed by atoms with Crippen LogP contribution in [0, 0.1) is 0 Å². The molecule has 2 rings (SSSR count). The summed E-state index contributed by atoms with van der Waals surface area (Å²) in [7, 11) is 0. The summed E-state index contributed by atoms with van der Waals surface area (Å²) in [5.41, 5.74) is 4.95. The molecule has 0 saturated heterocycles. The van der Waals surface area contributed by atoms with Gasteiger partial charge in [-0.2, -0.15) is 0 Å². The smallest absolute Gasteiger partial charge is 0.00940 e. The van der Waals surface area contributed by atoms with E-state index in [1.54, 1.807) is 0 Å². The van der Waals surface area contributed by atoms with Crippen LogP contribution in [-0.2, 0) is 6.42 Å². The first kappa shape index (κ1) is 11.4. The molecule has 0 heterocycles. The van der Waals surface area contributed by atoms with E-state index < -0.39 is 0 Å². The van der Waals surface area contributed by atoms with Crippen molar-refractivity contribution in [2.75, 3.05) is 0 Å². The molecule has 0 aliphatic rings. The Morgan fingerprint density at radius 2 is 1.65 bits per heavy atom. The van der Waals surface area contributed by atoms with Gasteiger partial charge in [-0.25, -0.2) is 0 Å². The van der Waals surface area contributed by atoms with Gasteiger partial charge in [0.25, 0.3) is 0 Å². The Morgan fingerprint density at radius 1 is 0.882 bits per heavy atom. The zero-order valence-corrected chi connectivity index (χ0v) is 9.89. The molecule has 0 atom stereocenters. The monoisotopic (exact) mass is 220 g/mol. The normalized spacial score (nSPS) is 9.88. The SMILES string of the molecule is C=CCc1cccc(-c2ccccc2)c1C=C. The van der Waals surface area contributed by atoms with Gasteiger partial charge in [0.1, 0.15) is 0 Å². The molecule has 2 aromatic rings. The number of benzene rings is 2. The maximum Gasteiger partial charge on any atom is -0.00940 e. The fourth-order valence-corrected chi connectivity index (χ4v) is 2.06. The van der Waals surface area contributed by atoms with Gasteiger partial charge < -0.3 is 0 Å². The van der Waals surface area contributed by atoms with Crippen molar-refractivity contribution < 1.29 is 0 Å². The average molecular weight is 220 g/mol. The second kappa shape index (κ2) is 5.31. The topological polar surface area (TPSA) is 0 Å². The standard InChI is InChI=1S/C17H16/c1-3-9-14-12-8-13-17(16(14)4-2)15-10-6-5-7-11-15/h3-8,10-13H,1-2,9H2. The average Bonchev–Trinajstić information content (AvgIpc) is 2.40. The summed E-state index contributed by atoms with van der Waals surface area (Å²) < 4.78 is 0. The summed E-state index contributed by atoms with van der Waals surface area (Å²) in [6.45, 7) is 7.73. The van der Waals surface area contributed by atoms with Gasteiger partial charge >= 0.3 is 0 Å². The predicted octanol–water partition coefficient (Wildman–Crippen LogP) is 4.73. The van der Waals surface area contributed by atoms with Gasteiger partial charge in [0.2, 0.25) is 0 Å². The van der Waals surface area contributed by atoms with Crippen molar-refractivity contribution >= 4 is 6.08 Å². The molecule has 0 amide bonds. The quantitative estimate of drug-likeness (QED) is 0.654. The molecule has 0 heteroatoms. The molecule has 84 valence electrons. The van der Waals surface area contributed by atoms with Gasteiger partial charge in [-0.3, -0.25) is 0 Å². The minimum Gasteiger partial charge on any atom is -0.103 e. The van der Waals surface area contributed by atoms with Crippen molar-refractivity contribution in [3.63, 3.8) is 0 Å². The molecular formula is C17H16. The largest absolute Gasteiger partial charge is 0.103 e. The molecule has 2 aromatic carbocycles. The predicted molar refractivity (Wildman–Crippen MR) is 75.9 cm³/mol. The Hall–Kier alpha value is -2.08. The van der Waals surface area contributed by atoms with Crippen molar-refractivity contribution in [1.29, 1.82) is 0 Å². The van der Waals surface area contributed by atoms with Gasteiger partial charge in [0.15, 0.2) is 0 Å². The highest BCUT2D eigenvalue weighted by molar-refractivity contribution is 5.76. The second-order valence-corrected chi connectivity index (χ2v) is 3.94. The lowest BCUT2D eigenvalue weighted by molar-refractivity contribution is 1.27. The first-order chi connectivity index (χ1) is 8.36. The first-order valence-electron chi connectivity index (χ1n) is 5.77. The van der Waals surface area contributed by atoms with Crippen LogP contribution in [0.2, 0.25) is 0 Å². The molecule has 0 saturated carbocycles. The Morgan fingerprint density at radius 3 is 2.29 bits per heavy atom. The fraction of sp³-hybridized carbons (Fsp3) is 0.0588. The van der Waals surface area contributed by atoms with Crippen molar-refractivity contribution in [3.05, 3.63) is 78.9 Å². The van der Waals surface area contributed by atoms with Gasteiger partial charge in [-0.15, -0.1) is 6.58 Å². The van der Waals surface area contributed by atoms with E-state index in [0.717, 1.165) is 6.42 Å². The Balaban J connectivity index is 2.58. The minimum absolute atomic E-state index is 0.877. The van der Waals surface area contributed by atoms with Gasteiger partial charge in [-0.05, 0) is 28.7 Å². The fourth-order valence-electron chi connectivity index (χ4n) is 2.06. The molecule has 0 nitrogen and oxygen atoms in total. The summed E-state index contributed by atoms with van der Waals surface area (Å²) >= 11 is 0. The van der Waals surface area contributed by atoms with E-state index in [1.165, 1.54) is 22.3 Å². The van der Waals surface area contributed by atoms with Crippen LogP contribution in [0.1, 0.15) is 11.1 Å².